The maximum atomic E-state index is 12.0. The number of aromatic amines is 1. The first-order valence-electron chi connectivity index (χ1n) is 6.10. The van der Waals surface area contributed by atoms with Crippen LogP contribution in [0.15, 0.2) is 49.4 Å². The minimum Gasteiger partial charge on any atom is -0.338 e. The second-order valence-electron chi connectivity index (χ2n) is 4.18. The Morgan fingerprint density at radius 1 is 1.32 bits per heavy atom. The molecule has 22 heavy (non-hydrogen) atoms. The van der Waals surface area contributed by atoms with E-state index in [4.69, 9.17) is 4.52 Å². The van der Waals surface area contributed by atoms with Crippen LogP contribution in [0.2, 0.25) is 0 Å². The molecule has 3 aromatic heterocycles. The summed E-state index contributed by atoms with van der Waals surface area (Å²) in [6.45, 7) is -0.155. The highest BCUT2D eigenvalue weighted by Gasteiger charge is 2.17. The highest BCUT2D eigenvalue weighted by molar-refractivity contribution is 7.91. The summed E-state index contributed by atoms with van der Waals surface area (Å²) < 4.78 is 31.4. The number of nitrogens with zero attached hydrogens (tertiary/aromatic N) is 2. The monoisotopic (exact) mass is 338 g/mol. The molecule has 0 saturated carbocycles. The summed E-state index contributed by atoms with van der Waals surface area (Å²) in [4.78, 5) is 18.1. The van der Waals surface area contributed by atoms with Crippen molar-refractivity contribution in [3.8, 4) is 11.4 Å². The van der Waals surface area contributed by atoms with E-state index in [-0.39, 0.29) is 33.6 Å². The lowest BCUT2D eigenvalue weighted by Crippen LogP contribution is -2.22. The molecule has 0 bridgehead atoms. The Labute approximate surface area is 128 Å². The molecule has 0 aliphatic rings. The smallest absolute Gasteiger partial charge is 0.259 e. The standard InChI is InChI=1S/C12H10N4O4S2/c17-12-8(3-1-5-13-12)11-15-9(20-16-11)7-14-22(18,19)10-4-2-6-21-10/h1-6,14H,7H2,(H,13,17). The Morgan fingerprint density at radius 2 is 2.18 bits per heavy atom. The van der Waals surface area contributed by atoms with E-state index in [2.05, 4.69) is 19.8 Å². The van der Waals surface area contributed by atoms with Crippen LogP contribution in [-0.4, -0.2) is 23.5 Å². The predicted octanol–water partition coefficient (Wildman–Crippen LogP) is 0.965. The topological polar surface area (TPSA) is 118 Å². The van der Waals surface area contributed by atoms with Gasteiger partial charge in [0, 0.05) is 6.20 Å². The summed E-state index contributed by atoms with van der Waals surface area (Å²) in [7, 11) is -3.61. The van der Waals surface area contributed by atoms with Crippen molar-refractivity contribution in [1.82, 2.24) is 19.8 Å². The van der Waals surface area contributed by atoms with Gasteiger partial charge in [0.15, 0.2) is 0 Å². The molecule has 0 aliphatic carbocycles. The Hall–Kier alpha value is -2.30. The van der Waals surface area contributed by atoms with Crippen LogP contribution < -0.4 is 10.3 Å². The van der Waals surface area contributed by atoms with Gasteiger partial charge < -0.3 is 9.51 Å². The van der Waals surface area contributed by atoms with Crippen molar-refractivity contribution in [2.45, 2.75) is 10.8 Å². The fraction of sp³-hybridized carbons (Fsp3) is 0.0833. The number of hydrogen-bond donors (Lipinski definition) is 2. The van der Waals surface area contributed by atoms with E-state index in [9.17, 15) is 13.2 Å². The van der Waals surface area contributed by atoms with Crippen molar-refractivity contribution in [1.29, 1.82) is 0 Å². The number of hydrogen-bond acceptors (Lipinski definition) is 7. The Morgan fingerprint density at radius 3 is 2.91 bits per heavy atom. The van der Waals surface area contributed by atoms with Gasteiger partial charge in [-0.3, -0.25) is 4.79 Å². The zero-order chi connectivity index (χ0) is 15.6. The number of aromatic nitrogens is 3. The summed E-state index contributed by atoms with van der Waals surface area (Å²) in [5, 5.41) is 5.34. The molecule has 0 radical (unpaired) electrons. The molecule has 0 aromatic carbocycles. The third-order valence-electron chi connectivity index (χ3n) is 2.70. The molecule has 3 heterocycles. The molecule has 0 amide bonds. The molecule has 0 fully saturated rings. The van der Waals surface area contributed by atoms with E-state index in [0.29, 0.717) is 0 Å². The third-order valence-corrected chi connectivity index (χ3v) is 5.50. The quantitative estimate of drug-likeness (QED) is 0.715. The van der Waals surface area contributed by atoms with Crippen LogP contribution in [0.25, 0.3) is 11.4 Å². The summed E-state index contributed by atoms with van der Waals surface area (Å²) in [6.07, 6.45) is 1.49. The van der Waals surface area contributed by atoms with Gasteiger partial charge in [0.25, 0.3) is 15.6 Å². The molecule has 0 atom stereocenters. The minimum absolute atomic E-state index is 0.0679. The summed E-state index contributed by atoms with van der Waals surface area (Å²) in [6, 6.07) is 6.32. The van der Waals surface area contributed by atoms with Gasteiger partial charge >= 0.3 is 0 Å². The van der Waals surface area contributed by atoms with Crippen LogP contribution in [0.1, 0.15) is 5.89 Å². The molecular weight excluding hydrogens is 328 g/mol. The van der Waals surface area contributed by atoms with Crippen LogP contribution in [0.4, 0.5) is 0 Å². The number of nitrogens with one attached hydrogen (secondary N) is 2. The van der Waals surface area contributed by atoms with Crippen LogP contribution in [0.5, 0.6) is 0 Å². The summed E-state index contributed by atoms with van der Waals surface area (Å²) in [5.41, 5.74) is -0.104. The lowest BCUT2D eigenvalue weighted by atomic mass is 10.3. The fourth-order valence-corrected chi connectivity index (χ4v) is 3.69. The molecule has 0 saturated heterocycles. The van der Waals surface area contributed by atoms with Gasteiger partial charge in [-0.25, -0.2) is 13.1 Å². The molecule has 8 nitrogen and oxygen atoms in total. The second-order valence-corrected chi connectivity index (χ2v) is 7.12. The normalized spacial score (nSPS) is 11.6. The first-order chi connectivity index (χ1) is 10.6. The SMILES string of the molecule is O=c1[nH]cccc1-c1noc(CNS(=O)(=O)c2cccs2)n1. The van der Waals surface area contributed by atoms with Crippen molar-refractivity contribution in [3.05, 3.63) is 52.1 Å². The zero-order valence-corrected chi connectivity index (χ0v) is 12.6. The number of sulfonamides is 1. The highest BCUT2D eigenvalue weighted by atomic mass is 32.2. The Kier molecular flexibility index (Phi) is 3.88. The van der Waals surface area contributed by atoms with E-state index < -0.39 is 10.0 Å². The number of pyridine rings is 1. The Balaban J connectivity index is 1.76. The van der Waals surface area contributed by atoms with Gasteiger partial charge in [-0.05, 0) is 23.6 Å². The van der Waals surface area contributed by atoms with E-state index >= 15 is 0 Å². The van der Waals surface area contributed by atoms with E-state index in [1.54, 1.807) is 23.6 Å². The molecule has 3 rings (SSSR count). The molecule has 0 spiro atoms. The average Bonchev–Trinajstić information content (AvgIpc) is 3.18. The number of rotatable bonds is 5. The number of thiophene rings is 1. The van der Waals surface area contributed by atoms with E-state index in [1.807, 2.05) is 0 Å². The van der Waals surface area contributed by atoms with E-state index in [1.165, 1.54) is 12.3 Å². The van der Waals surface area contributed by atoms with Gasteiger partial charge in [-0.15, -0.1) is 11.3 Å². The van der Waals surface area contributed by atoms with Crippen molar-refractivity contribution in [3.63, 3.8) is 0 Å². The van der Waals surface area contributed by atoms with Crippen LogP contribution in [0, 0.1) is 0 Å². The third kappa shape index (κ3) is 2.98. The van der Waals surface area contributed by atoms with Gasteiger partial charge in [0.1, 0.15) is 4.21 Å². The first kappa shape index (κ1) is 14.6. The van der Waals surface area contributed by atoms with Crippen molar-refractivity contribution in [2.75, 3.05) is 0 Å². The minimum atomic E-state index is -3.61. The molecule has 2 N–H and O–H groups in total. The molecule has 10 heteroatoms. The molecule has 0 unspecified atom stereocenters. The second kappa shape index (κ2) is 5.83. The zero-order valence-electron chi connectivity index (χ0n) is 11.0. The summed E-state index contributed by atoms with van der Waals surface area (Å²) in [5.74, 6) is 0.172. The van der Waals surface area contributed by atoms with Crippen molar-refractivity contribution in [2.24, 2.45) is 0 Å². The summed E-state index contributed by atoms with van der Waals surface area (Å²) >= 11 is 1.11. The lowest BCUT2D eigenvalue weighted by Gasteiger charge is -2.00. The van der Waals surface area contributed by atoms with Crippen LogP contribution in [0.3, 0.4) is 0 Å². The maximum Gasteiger partial charge on any atom is 0.259 e. The predicted molar refractivity (Wildman–Crippen MR) is 78.7 cm³/mol. The molecule has 114 valence electrons. The first-order valence-corrected chi connectivity index (χ1v) is 8.46. The van der Waals surface area contributed by atoms with Crippen molar-refractivity contribution < 1.29 is 12.9 Å². The fourth-order valence-electron chi connectivity index (χ4n) is 1.68. The highest BCUT2D eigenvalue weighted by Crippen LogP contribution is 2.16. The molecule has 0 aliphatic heterocycles. The van der Waals surface area contributed by atoms with Crippen LogP contribution >= 0.6 is 11.3 Å². The largest absolute Gasteiger partial charge is 0.338 e. The van der Waals surface area contributed by atoms with E-state index in [0.717, 1.165) is 11.3 Å². The maximum absolute atomic E-state index is 12.0. The van der Waals surface area contributed by atoms with Gasteiger partial charge in [0.2, 0.25) is 11.7 Å². The van der Waals surface area contributed by atoms with Gasteiger partial charge in [0.05, 0.1) is 12.1 Å². The van der Waals surface area contributed by atoms with Gasteiger partial charge in [-0.1, -0.05) is 11.2 Å². The lowest BCUT2D eigenvalue weighted by molar-refractivity contribution is 0.376. The van der Waals surface area contributed by atoms with Gasteiger partial charge in [-0.2, -0.15) is 4.98 Å². The van der Waals surface area contributed by atoms with Crippen LogP contribution in [-0.2, 0) is 16.6 Å². The Bertz CT molecular complexity index is 928. The van der Waals surface area contributed by atoms with Crippen molar-refractivity contribution >= 4 is 21.4 Å². The number of H-pyrrole nitrogens is 1. The molecular formula is C12H10N4O4S2. The average molecular weight is 338 g/mol. The molecule has 3 aromatic rings.